The van der Waals surface area contributed by atoms with E-state index >= 15 is 0 Å². The van der Waals surface area contributed by atoms with Gasteiger partial charge in [0.05, 0.1) is 11.1 Å². The molecule has 0 amide bonds. The van der Waals surface area contributed by atoms with E-state index < -0.39 is 11.7 Å². The molecule has 0 unspecified atom stereocenters. The van der Waals surface area contributed by atoms with Gasteiger partial charge < -0.3 is 5.11 Å². The Labute approximate surface area is 107 Å². The highest BCUT2D eigenvalue weighted by Crippen LogP contribution is 2.44. The van der Waals surface area contributed by atoms with Crippen LogP contribution < -0.4 is 0 Å². The fraction of sp³-hybridized carbons (Fsp3) is 0.357. The van der Waals surface area contributed by atoms with E-state index in [1.165, 1.54) is 12.1 Å². The van der Waals surface area contributed by atoms with E-state index in [0.717, 1.165) is 18.4 Å². The second-order valence-corrected chi connectivity index (χ2v) is 5.03. The summed E-state index contributed by atoms with van der Waals surface area (Å²) in [6.07, 6.45) is -2.59. The molecule has 1 aliphatic rings. The van der Waals surface area contributed by atoms with Crippen LogP contribution >= 0.6 is 0 Å². The Hall–Kier alpha value is -1.78. The third kappa shape index (κ3) is 2.13. The van der Waals surface area contributed by atoms with Gasteiger partial charge in [0.1, 0.15) is 0 Å². The minimum atomic E-state index is -4.46. The molecule has 1 heterocycles. The summed E-state index contributed by atoms with van der Waals surface area (Å²) in [6, 6.07) is 4.33. The van der Waals surface area contributed by atoms with E-state index in [1.54, 1.807) is 13.0 Å². The molecule has 5 heteroatoms. The van der Waals surface area contributed by atoms with Gasteiger partial charge in [-0.2, -0.15) is 13.2 Å². The summed E-state index contributed by atoms with van der Waals surface area (Å²) in [5.74, 6) is -0.145. The standard InChI is InChI=1S/C14H12F3NO/c1-7-4-12(19)18-13-10(7)5-9(8-2-3-8)6-11(13)14(15,16)17/h4-6,8H,2-3H2,1H3,(H,18,19). The minimum absolute atomic E-state index is 0.172. The van der Waals surface area contributed by atoms with E-state index in [4.69, 9.17) is 0 Å². The number of benzene rings is 1. The summed E-state index contributed by atoms with van der Waals surface area (Å²) in [5.41, 5.74) is 0.395. The first-order chi connectivity index (χ1) is 8.86. The van der Waals surface area contributed by atoms with Crippen LogP contribution in [0, 0.1) is 6.92 Å². The number of pyridine rings is 1. The van der Waals surface area contributed by atoms with Crippen LogP contribution in [-0.2, 0) is 6.18 Å². The molecule has 1 aliphatic carbocycles. The lowest BCUT2D eigenvalue weighted by Gasteiger charge is -2.13. The Morgan fingerprint density at radius 3 is 2.47 bits per heavy atom. The van der Waals surface area contributed by atoms with E-state index in [1.807, 2.05) is 0 Å². The maximum absolute atomic E-state index is 13.1. The van der Waals surface area contributed by atoms with Gasteiger partial charge in [-0.1, -0.05) is 0 Å². The first-order valence-electron chi connectivity index (χ1n) is 6.07. The number of aromatic hydroxyl groups is 1. The van der Waals surface area contributed by atoms with Crippen molar-refractivity contribution in [1.29, 1.82) is 0 Å². The molecule has 1 saturated carbocycles. The minimum Gasteiger partial charge on any atom is -0.493 e. The third-order valence-corrected chi connectivity index (χ3v) is 3.48. The zero-order valence-corrected chi connectivity index (χ0v) is 10.3. The molecular formula is C14H12F3NO. The third-order valence-electron chi connectivity index (χ3n) is 3.48. The maximum Gasteiger partial charge on any atom is 0.418 e. The smallest absolute Gasteiger partial charge is 0.418 e. The number of alkyl halides is 3. The van der Waals surface area contributed by atoms with Gasteiger partial charge in [-0.15, -0.1) is 0 Å². The molecule has 19 heavy (non-hydrogen) atoms. The molecule has 2 nitrogen and oxygen atoms in total. The van der Waals surface area contributed by atoms with E-state index in [9.17, 15) is 18.3 Å². The summed E-state index contributed by atoms with van der Waals surface area (Å²) in [4.78, 5) is 3.66. The van der Waals surface area contributed by atoms with Crippen LogP contribution in [0.2, 0.25) is 0 Å². The largest absolute Gasteiger partial charge is 0.493 e. The van der Waals surface area contributed by atoms with Crippen molar-refractivity contribution in [3.63, 3.8) is 0 Å². The Morgan fingerprint density at radius 1 is 1.21 bits per heavy atom. The Morgan fingerprint density at radius 2 is 1.89 bits per heavy atom. The summed E-state index contributed by atoms with van der Waals surface area (Å²) < 4.78 is 39.4. The first-order valence-corrected chi connectivity index (χ1v) is 6.07. The maximum atomic E-state index is 13.1. The van der Waals surface area contributed by atoms with E-state index in [2.05, 4.69) is 4.98 Å². The molecule has 0 atom stereocenters. The number of hydrogen-bond acceptors (Lipinski definition) is 2. The highest BCUT2D eigenvalue weighted by molar-refractivity contribution is 5.87. The zero-order valence-electron chi connectivity index (χ0n) is 10.3. The van der Waals surface area contributed by atoms with Gasteiger partial charge in [0.25, 0.3) is 0 Å². The van der Waals surface area contributed by atoms with Crippen LogP contribution in [-0.4, -0.2) is 10.1 Å². The average molecular weight is 267 g/mol. The molecule has 1 aromatic carbocycles. The zero-order chi connectivity index (χ0) is 13.8. The van der Waals surface area contributed by atoms with Gasteiger partial charge in [-0.25, -0.2) is 4.98 Å². The van der Waals surface area contributed by atoms with Gasteiger partial charge in [0.15, 0.2) is 0 Å². The Balaban J connectivity index is 2.36. The second-order valence-electron chi connectivity index (χ2n) is 5.03. The molecule has 1 fully saturated rings. The van der Waals surface area contributed by atoms with Crippen molar-refractivity contribution in [3.05, 3.63) is 34.9 Å². The lowest BCUT2D eigenvalue weighted by atomic mass is 9.99. The number of rotatable bonds is 1. The normalized spacial score (nSPS) is 16.0. The summed E-state index contributed by atoms with van der Waals surface area (Å²) >= 11 is 0. The van der Waals surface area contributed by atoms with Crippen molar-refractivity contribution < 1.29 is 18.3 Å². The average Bonchev–Trinajstić information content (AvgIpc) is 3.10. The van der Waals surface area contributed by atoms with Crippen LogP contribution in [0.3, 0.4) is 0 Å². The number of halogens is 3. The molecule has 3 rings (SSSR count). The number of fused-ring (bicyclic) bond motifs is 1. The fourth-order valence-electron chi connectivity index (χ4n) is 2.36. The van der Waals surface area contributed by atoms with Crippen molar-refractivity contribution in [2.75, 3.05) is 0 Å². The van der Waals surface area contributed by atoms with Crippen molar-refractivity contribution in [3.8, 4) is 5.88 Å². The van der Waals surface area contributed by atoms with Crippen LogP contribution in [0.25, 0.3) is 10.9 Å². The highest BCUT2D eigenvalue weighted by atomic mass is 19.4. The van der Waals surface area contributed by atoms with Crippen LogP contribution in [0.5, 0.6) is 5.88 Å². The summed E-state index contributed by atoms with van der Waals surface area (Å²) in [6.45, 7) is 1.68. The second kappa shape index (κ2) is 3.85. The van der Waals surface area contributed by atoms with Gasteiger partial charge in [0.2, 0.25) is 5.88 Å². The lowest BCUT2D eigenvalue weighted by Crippen LogP contribution is -2.08. The quantitative estimate of drug-likeness (QED) is 0.842. The van der Waals surface area contributed by atoms with Gasteiger partial charge in [0, 0.05) is 11.5 Å². The number of aryl methyl sites for hydroxylation is 1. The number of aromatic nitrogens is 1. The van der Waals surface area contributed by atoms with E-state index in [-0.39, 0.29) is 17.3 Å². The Bertz CT molecular complexity index is 660. The molecule has 0 spiro atoms. The first kappa shape index (κ1) is 12.3. The molecular weight excluding hydrogens is 255 g/mol. The fourth-order valence-corrected chi connectivity index (χ4v) is 2.36. The molecule has 0 bridgehead atoms. The monoisotopic (exact) mass is 267 g/mol. The number of hydrogen-bond donors (Lipinski definition) is 1. The molecule has 0 saturated heterocycles. The topological polar surface area (TPSA) is 33.1 Å². The van der Waals surface area contributed by atoms with Crippen molar-refractivity contribution >= 4 is 10.9 Å². The van der Waals surface area contributed by atoms with E-state index in [0.29, 0.717) is 10.9 Å². The Kier molecular flexibility index (Phi) is 2.49. The molecule has 0 aliphatic heterocycles. The van der Waals surface area contributed by atoms with Crippen molar-refractivity contribution in [1.82, 2.24) is 4.98 Å². The van der Waals surface area contributed by atoms with Crippen LogP contribution in [0.15, 0.2) is 18.2 Å². The van der Waals surface area contributed by atoms with Gasteiger partial charge in [-0.05, 0) is 48.9 Å². The van der Waals surface area contributed by atoms with Gasteiger partial charge in [-0.3, -0.25) is 0 Å². The molecule has 1 aromatic heterocycles. The van der Waals surface area contributed by atoms with Gasteiger partial charge >= 0.3 is 6.18 Å². The lowest BCUT2D eigenvalue weighted by molar-refractivity contribution is -0.136. The van der Waals surface area contributed by atoms with Crippen molar-refractivity contribution in [2.24, 2.45) is 0 Å². The van der Waals surface area contributed by atoms with Crippen molar-refractivity contribution in [2.45, 2.75) is 31.9 Å². The SMILES string of the molecule is Cc1cc(O)nc2c(C(F)(F)F)cc(C3CC3)cc12. The molecule has 100 valence electrons. The molecule has 1 N–H and O–H groups in total. The number of nitrogens with zero attached hydrogens (tertiary/aromatic N) is 1. The van der Waals surface area contributed by atoms with Crippen LogP contribution in [0.1, 0.15) is 35.4 Å². The molecule has 2 aromatic rings. The van der Waals surface area contributed by atoms with Crippen LogP contribution in [0.4, 0.5) is 13.2 Å². The predicted molar refractivity (Wildman–Crippen MR) is 65.1 cm³/mol. The summed E-state index contributed by atoms with van der Waals surface area (Å²) in [7, 11) is 0. The predicted octanol–water partition coefficient (Wildman–Crippen LogP) is 4.15. The molecule has 0 radical (unpaired) electrons. The summed E-state index contributed by atoms with van der Waals surface area (Å²) in [5, 5.41) is 9.88. The highest BCUT2D eigenvalue weighted by Gasteiger charge is 2.36.